The number of rotatable bonds is 4. The Hall–Kier alpha value is -3.13. The molecule has 0 unspecified atom stereocenters. The van der Waals surface area contributed by atoms with Crippen LogP contribution in [0.4, 0.5) is 9.18 Å². The lowest BCUT2D eigenvalue weighted by Crippen LogP contribution is -2.55. The number of carbonyl (C=O) groups excluding carboxylic acids is 3. The zero-order valence-corrected chi connectivity index (χ0v) is 20.6. The van der Waals surface area contributed by atoms with E-state index in [0.717, 1.165) is 12.1 Å². The SMILES string of the molecule is CC(=O)c1ccc2c(c1)[C@H](NC(=O)OC(C)(C)C)[C@H](OC(=O)c1ccc(F)c(Cl)c1)C(C)(C)O2. The molecule has 0 aromatic heterocycles. The van der Waals surface area contributed by atoms with E-state index in [-0.39, 0.29) is 16.4 Å². The number of fused-ring (bicyclic) bond motifs is 1. The van der Waals surface area contributed by atoms with Crippen LogP contribution in [0.5, 0.6) is 5.75 Å². The maximum atomic E-state index is 13.6. The van der Waals surface area contributed by atoms with Gasteiger partial charge in [0.15, 0.2) is 11.9 Å². The highest BCUT2D eigenvalue weighted by molar-refractivity contribution is 6.31. The standard InChI is InChI=1S/C25H27ClFNO6/c1-13(29)14-8-10-19-16(11-14)20(28-23(31)34-24(2,3)4)21(25(5,6)33-19)32-22(30)15-7-9-18(27)17(26)12-15/h7-12,20-21H,1-6H3,(H,28,31)/t20-,21-/m0/s1. The van der Waals surface area contributed by atoms with E-state index in [1.54, 1.807) is 52.8 Å². The van der Waals surface area contributed by atoms with Gasteiger partial charge in [0.1, 0.15) is 28.8 Å². The molecule has 1 aliphatic rings. The number of hydrogen-bond donors (Lipinski definition) is 1. The van der Waals surface area contributed by atoms with Gasteiger partial charge in [-0.2, -0.15) is 0 Å². The first-order chi connectivity index (χ1) is 15.7. The van der Waals surface area contributed by atoms with Crippen molar-refractivity contribution in [3.63, 3.8) is 0 Å². The van der Waals surface area contributed by atoms with E-state index < -0.39 is 41.2 Å². The molecule has 182 valence electrons. The molecule has 0 radical (unpaired) electrons. The third kappa shape index (κ3) is 5.67. The van der Waals surface area contributed by atoms with E-state index in [1.807, 2.05) is 0 Å². The van der Waals surface area contributed by atoms with Crippen LogP contribution < -0.4 is 10.1 Å². The predicted octanol–water partition coefficient (Wildman–Crippen LogP) is 5.64. The number of nitrogens with one attached hydrogen (secondary N) is 1. The smallest absolute Gasteiger partial charge is 0.408 e. The van der Waals surface area contributed by atoms with E-state index in [4.69, 9.17) is 25.8 Å². The quantitative estimate of drug-likeness (QED) is 0.439. The van der Waals surface area contributed by atoms with Crippen LogP contribution in [0.15, 0.2) is 36.4 Å². The summed E-state index contributed by atoms with van der Waals surface area (Å²) in [5, 5.41) is 2.54. The average molecular weight is 492 g/mol. The van der Waals surface area contributed by atoms with Gasteiger partial charge in [0.05, 0.1) is 10.6 Å². The van der Waals surface area contributed by atoms with Gasteiger partial charge in [-0.05, 0) is 77.9 Å². The molecular formula is C25H27ClFNO6. The summed E-state index contributed by atoms with van der Waals surface area (Å²) >= 11 is 5.82. The Balaban J connectivity index is 2.03. The Kier molecular flexibility index (Phi) is 6.94. The molecular weight excluding hydrogens is 465 g/mol. The molecule has 3 rings (SSSR count). The number of amides is 1. The first-order valence-electron chi connectivity index (χ1n) is 10.7. The molecule has 2 aromatic carbocycles. The lowest BCUT2D eigenvalue weighted by atomic mass is 9.85. The molecule has 0 bridgehead atoms. The van der Waals surface area contributed by atoms with Crippen molar-refractivity contribution < 1.29 is 33.0 Å². The van der Waals surface area contributed by atoms with Gasteiger partial charge in [-0.3, -0.25) is 4.79 Å². The molecule has 0 saturated heterocycles. The Morgan fingerprint density at radius 3 is 2.32 bits per heavy atom. The molecule has 1 N–H and O–H groups in total. The summed E-state index contributed by atoms with van der Waals surface area (Å²) in [6, 6.07) is 7.40. The highest BCUT2D eigenvalue weighted by atomic mass is 35.5. The highest BCUT2D eigenvalue weighted by Gasteiger charge is 2.48. The number of halogens is 2. The number of carbonyl (C=O) groups is 3. The topological polar surface area (TPSA) is 90.9 Å². The fourth-order valence-corrected chi connectivity index (χ4v) is 3.79. The van der Waals surface area contributed by atoms with Crippen LogP contribution in [0.25, 0.3) is 0 Å². The van der Waals surface area contributed by atoms with E-state index in [9.17, 15) is 18.8 Å². The number of alkyl carbamates (subject to hydrolysis) is 1. The zero-order chi connectivity index (χ0) is 25.4. The Bertz CT molecular complexity index is 1140. The molecule has 2 aromatic rings. The molecule has 1 amide bonds. The molecule has 0 saturated carbocycles. The lowest BCUT2D eigenvalue weighted by molar-refractivity contribution is -0.0790. The maximum Gasteiger partial charge on any atom is 0.408 e. The lowest BCUT2D eigenvalue weighted by Gasteiger charge is -2.44. The normalized spacial score (nSPS) is 18.8. The van der Waals surface area contributed by atoms with Crippen molar-refractivity contribution in [3.05, 3.63) is 63.9 Å². The van der Waals surface area contributed by atoms with Crippen molar-refractivity contribution in [1.82, 2.24) is 5.32 Å². The summed E-state index contributed by atoms with van der Waals surface area (Å²) in [6.45, 7) is 9.98. The molecule has 2 atom stereocenters. The summed E-state index contributed by atoms with van der Waals surface area (Å²) in [4.78, 5) is 37.7. The van der Waals surface area contributed by atoms with Crippen molar-refractivity contribution in [2.24, 2.45) is 0 Å². The predicted molar refractivity (Wildman–Crippen MR) is 124 cm³/mol. The number of ketones is 1. The first-order valence-corrected chi connectivity index (χ1v) is 11.1. The summed E-state index contributed by atoms with van der Waals surface area (Å²) < 4.78 is 30.9. The van der Waals surface area contributed by atoms with Crippen molar-refractivity contribution in [1.29, 1.82) is 0 Å². The van der Waals surface area contributed by atoms with Crippen molar-refractivity contribution in [3.8, 4) is 5.75 Å². The van der Waals surface area contributed by atoms with Gasteiger partial charge >= 0.3 is 12.1 Å². The summed E-state index contributed by atoms with van der Waals surface area (Å²) in [6.07, 6.45) is -1.77. The minimum atomic E-state index is -1.09. The molecule has 9 heteroatoms. The van der Waals surface area contributed by atoms with E-state index >= 15 is 0 Å². The van der Waals surface area contributed by atoms with Gasteiger partial charge in [0.25, 0.3) is 0 Å². The summed E-state index contributed by atoms with van der Waals surface area (Å²) in [5.41, 5.74) is -0.988. The Morgan fingerprint density at radius 1 is 1.09 bits per heavy atom. The minimum absolute atomic E-state index is 0.0292. The van der Waals surface area contributed by atoms with Crippen LogP contribution in [-0.2, 0) is 9.47 Å². The van der Waals surface area contributed by atoms with E-state index in [1.165, 1.54) is 13.0 Å². The van der Waals surface area contributed by atoms with Crippen molar-refractivity contribution in [2.45, 2.75) is 64.9 Å². The van der Waals surface area contributed by atoms with Gasteiger partial charge in [-0.15, -0.1) is 0 Å². The number of ether oxygens (including phenoxy) is 3. The van der Waals surface area contributed by atoms with Crippen LogP contribution in [0.1, 0.15) is 73.9 Å². The second-order valence-electron chi connectivity index (χ2n) is 9.59. The fourth-order valence-electron chi connectivity index (χ4n) is 3.61. The Morgan fingerprint density at radius 2 is 1.74 bits per heavy atom. The third-order valence-corrected chi connectivity index (χ3v) is 5.46. The van der Waals surface area contributed by atoms with Gasteiger partial charge in [0.2, 0.25) is 0 Å². The fraction of sp³-hybridized carbons (Fsp3) is 0.400. The summed E-state index contributed by atoms with van der Waals surface area (Å²) in [7, 11) is 0. The second kappa shape index (κ2) is 9.25. The number of benzene rings is 2. The van der Waals surface area contributed by atoms with Crippen LogP contribution in [0.2, 0.25) is 5.02 Å². The largest absolute Gasteiger partial charge is 0.484 e. The third-order valence-electron chi connectivity index (χ3n) is 5.17. The van der Waals surface area contributed by atoms with Gasteiger partial charge < -0.3 is 19.5 Å². The van der Waals surface area contributed by atoms with Gasteiger partial charge in [-0.1, -0.05) is 11.6 Å². The average Bonchev–Trinajstić information content (AvgIpc) is 2.70. The van der Waals surface area contributed by atoms with Crippen LogP contribution in [0.3, 0.4) is 0 Å². The molecule has 0 spiro atoms. The molecule has 0 fully saturated rings. The minimum Gasteiger partial charge on any atom is -0.484 e. The second-order valence-corrected chi connectivity index (χ2v) is 10.0. The van der Waals surface area contributed by atoms with E-state index in [2.05, 4.69) is 5.32 Å². The van der Waals surface area contributed by atoms with Crippen LogP contribution in [-0.4, -0.2) is 35.2 Å². The highest BCUT2D eigenvalue weighted by Crippen LogP contribution is 2.42. The van der Waals surface area contributed by atoms with Gasteiger partial charge in [-0.25, -0.2) is 14.0 Å². The van der Waals surface area contributed by atoms with E-state index in [0.29, 0.717) is 16.9 Å². The Labute approximate surface area is 202 Å². The van der Waals surface area contributed by atoms with Crippen molar-refractivity contribution in [2.75, 3.05) is 0 Å². The number of esters is 1. The molecule has 0 aliphatic carbocycles. The number of Topliss-reactive ketones (excluding diaryl/α,β-unsaturated/α-hetero) is 1. The monoisotopic (exact) mass is 491 g/mol. The first kappa shape index (κ1) is 25.5. The van der Waals surface area contributed by atoms with Crippen LogP contribution >= 0.6 is 11.6 Å². The molecule has 34 heavy (non-hydrogen) atoms. The summed E-state index contributed by atoms with van der Waals surface area (Å²) in [5.74, 6) is -1.22. The molecule has 1 aliphatic heterocycles. The molecule has 7 nitrogen and oxygen atoms in total. The number of hydrogen-bond acceptors (Lipinski definition) is 6. The maximum absolute atomic E-state index is 13.6. The van der Waals surface area contributed by atoms with Gasteiger partial charge in [0, 0.05) is 11.1 Å². The van der Waals surface area contributed by atoms with Crippen molar-refractivity contribution >= 4 is 29.4 Å². The molecule has 1 heterocycles. The van der Waals surface area contributed by atoms with Crippen LogP contribution in [0, 0.1) is 5.82 Å². The zero-order valence-electron chi connectivity index (χ0n) is 19.8.